The third kappa shape index (κ3) is 2.23. The van der Waals surface area contributed by atoms with E-state index in [9.17, 15) is 4.79 Å². The summed E-state index contributed by atoms with van der Waals surface area (Å²) in [7, 11) is 2.13. The van der Waals surface area contributed by atoms with E-state index in [1.54, 1.807) is 0 Å². The summed E-state index contributed by atoms with van der Waals surface area (Å²) in [4.78, 5) is 14.4. The van der Waals surface area contributed by atoms with E-state index in [0.29, 0.717) is 12.6 Å². The van der Waals surface area contributed by atoms with Crippen molar-refractivity contribution < 1.29 is 4.79 Å². The van der Waals surface area contributed by atoms with Gasteiger partial charge in [-0.3, -0.25) is 4.79 Å². The zero-order valence-corrected chi connectivity index (χ0v) is 10.2. The van der Waals surface area contributed by atoms with Crippen molar-refractivity contribution >= 4 is 5.91 Å². The number of carbonyl (C=O) groups is 1. The molecular formula is C12H23N3O. The summed E-state index contributed by atoms with van der Waals surface area (Å²) < 4.78 is 0. The van der Waals surface area contributed by atoms with Crippen molar-refractivity contribution in [1.82, 2.24) is 10.2 Å². The van der Waals surface area contributed by atoms with Crippen molar-refractivity contribution in [2.75, 3.05) is 26.7 Å². The minimum absolute atomic E-state index is 0.204. The van der Waals surface area contributed by atoms with E-state index in [0.717, 1.165) is 45.2 Å². The second kappa shape index (κ2) is 4.72. The third-order valence-corrected chi connectivity index (χ3v) is 4.24. The Balaban J connectivity index is 1.83. The lowest BCUT2D eigenvalue weighted by Crippen LogP contribution is -2.54. The molecule has 2 fully saturated rings. The van der Waals surface area contributed by atoms with E-state index in [-0.39, 0.29) is 11.3 Å². The Morgan fingerprint density at radius 2 is 2.06 bits per heavy atom. The van der Waals surface area contributed by atoms with Crippen LogP contribution in [0, 0.1) is 5.41 Å². The van der Waals surface area contributed by atoms with Crippen molar-refractivity contribution in [1.29, 1.82) is 0 Å². The Morgan fingerprint density at radius 3 is 2.50 bits per heavy atom. The highest BCUT2D eigenvalue weighted by Crippen LogP contribution is 2.40. The summed E-state index contributed by atoms with van der Waals surface area (Å²) in [5.41, 5.74) is 5.51. The zero-order valence-electron chi connectivity index (χ0n) is 10.2. The van der Waals surface area contributed by atoms with Gasteiger partial charge >= 0.3 is 0 Å². The van der Waals surface area contributed by atoms with Gasteiger partial charge in [0, 0.05) is 12.6 Å². The maximum atomic E-state index is 12.1. The molecule has 0 bridgehead atoms. The van der Waals surface area contributed by atoms with Crippen LogP contribution in [0.2, 0.25) is 0 Å². The molecule has 0 unspecified atom stereocenters. The first-order valence-corrected chi connectivity index (χ1v) is 6.36. The van der Waals surface area contributed by atoms with Crippen LogP contribution in [0.3, 0.4) is 0 Å². The molecule has 2 rings (SSSR count). The number of nitrogens with one attached hydrogen (secondary N) is 1. The summed E-state index contributed by atoms with van der Waals surface area (Å²) in [6.45, 7) is 2.67. The van der Waals surface area contributed by atoms with Gasteiger partial charge in [0.15, 0.2) is 0 Å². The van der Waals surface area contributed by atoms with Crippen LogP contribution in [-0.4, -0.2) is 43.5 Å². The molecule has 16 heavy (non-hydrogen) atoms. The average Bonchev–Trinajstić information content (AvgIpc) is 2.21. The molecule has 0 radical (unpaired) electrons. The lowest BCUT2D eigenvalue weighted by Gasteiger charge is -2.41. The Labute approximate surface area is 97.6 Å². The first kappa shape index (κ1) is 11.9. The van der Waals surface area contributed by atoms with Gasteiger partial charge in [0.1, 0.15) is 0 Å². The Bertz CT molecular complexity index is 249. The predicted molar refractivity (Wildman–Crippen MR) is 64.0 cm³/mol. The number of likely N-dealkylation sites (tertiary alicyclic amines) is 1. The molecule has 1 amide bonds. The first-order valence-electron chi connectivity index (χ1n) is 6.36. The van der Waals surface area contributed by atoms with Crippen LogP contribution in [0.1, 0.15) is 32.1 Å². The van der Waals surface area contributed by atoms with Crippen molar-refractivity contribution in [2.24, 2.45) is 11.1 Å². The number of rotatable bonds is 3. The van der Waals surface area contributed by atoms with Gasteiger partial charge in [0.25, 0.3) is 0 Å². The molecule has 92 valence electrons. The second-order valence-corrected chi connectivity index (χ2v) is 5.39. The Hall–Kier alpha value is -0.610. The molecule has 4 heteroatoms. The molecule has 0 aromatic carbocycles. The highest BCUT2D eigenvalue weighted by atomic mass is 16.2. The van der Waals surface area contributed by atoms with Crippen molar-refractivity contribution in [2.45, 2.75) is 38.1 Å². The lowest BCUT2D eigenvalue weighted by molar-refractivity contribution is -0.136. The van der Waals surface area contributed by atoms with E-state index >= 15 is 0 Å². The largest absolute Gasteiger partial charge is 0.353 e. The first-order chi connectivity index (χ1) is 7.66. The summed E-state index contributed by atoms with van der Waals surface area (Å²) in [6.07, 6.45) is 5.24. The van der Waals surface area contributed by atoms with Crippen LogP contribution in [0.15, 0.2) is 0 Å². The number of nitrogens with two attached hydrogens (primary N) is 1. The van der Waals surface area contributed by atoms with E-state index in [1.807, 2.05) is 0 Å². The molecule has 1 aliphatic heterocycles. The SMILES string of the molecule is CN1CCC(NC(=O)C2(CN)CCC2)CC1. The van der Waals surface area contributed by atoms with Crippen LogP contribution >= 0.6 is 0 Å². The normalized spacial score (nSPS) is 26.1. The highest BCUT2D eigenvalue weighted by Gasteiger charge is 2.43. The van der Waals surface area contributed by atoms with Gasteiger partial charge in [0.2, 0.25) is 5.91 Å². The van der Waals surface area contributed by atoms with Gasteiger partial charge in [-0.2, -0.15) is 0 Å². The molecule has 0 spiro atoms. The molecule has 1 heterocycles. The minimum atomic E-state index is -0.219. The molecule has 1 saturated heterocycles. The van der Waals surface area contributed by atoms with Crippen LogP contribution in [0.5, 0.6) is 0 Å². The number of carbonyl (C=O) groups excluding carboxylic acids is 1. The standard InChI is InChI=1S/C12H23N3O/c1-15-7-3-10(4-8-15)14-11(16)12(9-13)5-2-6-12/h10H,2-9,13H2,1H3,(H,14,16). The zero-order chi connectivity index (χ0) is 11.6. The van der Waals surface area contributed by atoms with Gasteiger partial charge in [-0.1, -0.05) is 6.42 Å². The predicted octanol–water partition coefficient (Wildman–Crippen LogP) is 0.326. The van der Waals surface area contributed by atoms with Crippen molar-refractivity contribution in [3.8, 4) is 0 Å². The molecular weight excluding hydrogens is 202 g/mol. The maximum absolute atomic E-state index is 12.1. The molecule has 2 aliphatic rings. The number of amides is 1. The summed E-state index contributed by atoms with van der Waals surface area (Å²) in [5, 5.41) is 3.19. The molecule has 4 nitrogen and oxygen atoms in total. The smallest absolute Gasteiger partial charge is 0.227 e. The Kier molecular flexibility index (Phi) is 3.50. The summed E-state index contributed by atoms with van der Waals surface area (Å²) in [5.74, 6) is 0.204. The quantitative estimate of drug-likeness (QED) is 0.727. The van der Waals surface area contributed by atoms with Crippen molar-refractivity contribution in [3.05, 3.63) is 0 Å². The van der Waals surface area contributed by atoms with E-state index in [4.69, 9.17) is 5.73 Å². The summed E-state index contributed by atoms with van der Waals surface area (Å²) >= 11 is 0. The Morgan fingerprint density at radius 1 is 1.44 bits per heavy atom. The fraction of sp³-hybridized carbons (Fsp3) is 0.917. The number of nitrogens with zero attached hydrogens (tertiary/aromatic N) is 1. The molecule has 0 aromatic rings. The summed E-state index contributed by atoms with van der Waals surface area (Å²) in [6, 6.07) is 0.368. The van der Waals surface area contributed by atoms with Gasteiger partial charge in [-0.15, -0.1) is 0 Å². The van der Waals surface area contributed by atoms with Crippen LogP contribution in [0.25, 0.3) is 0 Å². The van der Waals surface area contributed by atoms with Crippen LogP contribution in [-0.2, 0) is 4.79 Å². The maximum Gasteiger partial charge on any atom is 0.227 e. The van der Waals surface area contributed by atoms with Gasteiger partial charge in [-0.25, -0.2) is 0 Å². The molecule has 1 saturated carbocycles. The van der Waals surface area contributed by atoms with Gasteiger partial charge in [-0.05, 0) is 45.8 Å². The minimum Gasteiger partial charge on any atom is -0.353 e. The molecule has 3 N–H and O–H groups in total. The average molecular weight is 225 g/mol. The van der Waals surface area contributed by atoms with Gasteiger partial charge in [0.05, 0.1) is 5.41 Å². The van der Waals surface area contributed by atoms with E-state index in [1.165, 1.54) is 0 Å². The fourth-order valence-electron chi connectivity index (χ4n) is 2.62. The van der Waals surface area contributed by atoms with Crippen molar-refractivity contribution in [3.63, 3.8) is 0 Å². The highest BCUT2D eigenvalue weighted by molar-refractivity contribution is 5.84. The van der Waals surface area contributed by atoms with E-state index < -0.39 is 0 Å². The lowest BCUT2D eigenvalue weighted by atomic mass is 9.68. The monoisotopic (exact) mass is 225 g/mol. The topological polar surface area (TPSA) is 58.4 Å². The third-order valence-electron chi connectivity index (χ3n) is 4.24. The van der Waals surface area contributed by atoms with Gasteiger partial charge < -0.3 is 16.0 Å². The molecule has 0 aromatic heterocycles. The van der Waals surface area contributed by atoms with Crippen LogP contribution < -0.4 is 11.1 Å². The number of piperidine rings is 1. The number of hydrogen-bond acceptors (Lipinski definition) is 3. The fourth-order valence-corrected chi connectivity index (χ4v) is 2.62. The second-order valence-electron chi connectivity index (χ2n) is 5.39. The van der Waals surface area contributed by atoms with Crippen LogP contribution in [0.4, 0.5) is 0 Å². The van der Waals surface area contributed by atoms with E-state index in [2.05, 4.69) is 17.3 Å². The molecule has 1 aliphatic carbocycles. The molecule has 0 atom stereocenters. The number of hydrogen-bond donors (Lipinski definition) is 2.